The molecule has 1 aliphatic heterocycles. The molecule has 1 N–H and O–H groups in total. The molecule has 9 rings (SSSR count). The number of terminal acetylenes is 1. The van der Waals surface area contributed by atoms with Crippen LogP contribution in [0.15, 0.2) is 176 Å². The van der Waals surface area contributed by atoms with Crippen LogP contribution < -0.4 is 14.8 Å². The molecule has 0 spiro atoms. The average molecular weight is 894 g/mol. The number of ether oxygens (including phenoxy) is 5. The Bertz CT molecular complexity index is 2920. The summed E-state index contributed by atoms with van der Waals surface area (Å²) in [5.41, 5.74) is 2.67. The molecule has 11 nitrogen and oxygen atoms in total. The lowest BCUT2D eigenvalue weighted by Gasteiger charge is -2.40. The van der Waals surface area contributed by atoms with Gasteiger partial charge in [0.2, 0.25) is 0 Å². The molecule has 67 heavy (non-hydrogen) atoms. The molecule has 336 valence electrons. The maximum atomic E-state index is 16.2. The van der Waals surface area contributed by atoms with Crippen LogP contribution in [0.3, 0.4) is 0 Å². The number of esters is 1. The number of imidazole rings is 1. The van der Waals surface area contributed by atoms with Gasteiger partial charge in [0, 0.05) is 6.42 Å². The lowest BCUT2D eigenvalue weighted by atomic mass is 9.77. The number of carbonyl (C=O) groups excluding carboxylic acids is 1. The van der Waals surface area contributed by atoms with E-state index >= 15 is 4.39 Å². The first-order valence-electron chi connectivity index (χ1n) is 21.9. The van der Waals surface area contributed by atoms with Crippen molar-refractivity contribution in [3.63, 3.8) is 0 Å². The lowest BCUT2D eigenvalue weighted by molar-refractivity contribution is -0.244. The van der Waals surface area contributed by atoms with Crippen molar-refractivity contribution >= 4 is 23.0 Å². The van der Waals surface area contributed by atoms with Crippen molar-refractivity contribution < 1.29 is 32.9 Å². The smallest absolute Gasteiger partial charge is 0.312 e. The van der Waals surface area contributed by atoms with E-state index in [4.69, 9.17) is 35.1 Å². The molecule has 0 saturated carbocycles. The first-order valence-corrected chi connectivity index (χ1v) is 21.9. The number of carbonyl (C=O) groups is 1. The van der Waals surface area contributed by atoms with Crippen LogP contribution in [0.2, 0.25) is 0 Å². The maximum absolute atomic E-state index is 16.2. The molecular formula is C55H48FN5O6. The van der Waals surface area contributed by atoms with Gasteiger partial charge in [0.15, 0.2) is 17.0 Å². The zero-order valence-corrected chi connectivity index (χ0v) is 37.4. The lowest BCUT2D eigenvalue weighted by Crippen LogP contribution is -2.49. The van der Waals surface area contributed by atoms with Gasteiger partial charge in [-0.3, -0.25) is 9.36 Å². The molecule has 0 radical (unpaired) electrons. The topological polar surface area (TPSA) is 119 Å². The maximum Gasteiger partial charge on any atom is 0.312 e. The van der Waals surface area contributed by atoms with Crippen LogP contribution in [-0.2, 0) is 30.1 Å². The van der Waals surface area contributed by atoms with Crippen LogP contribution >= 0.6 is 0 Å². The molecule has 1 saturated heterocycles. The van der Waals surface area contributed by atoms with Crippen LogP contribution in [0.5, 0.6) is 11.5 Å². The van der Waals surface area contributed by atoms with Gasteiger partial charge >= 0.3 is 17.8 Å². The van der Waals surface area contributed by atoms with Crippen molar-refractivity contribution in [1.82, 2.24) is 19.5 Å². The number of nitrogens with one attached hydrogen (secondary N) is 1. The highest BCUT2D eigenvalue weighted by molar-refractivity contribution is 5.84. The highest BCUT2D eigenvalue weighted by Crippen LogP contribution is 2.49. The number of halogens is 1. The van der Waals surface area contributed by atoms with Gasteiger partial charge in [-0.05, 0) is 63.6 Å². The van der Waals surface area contributed by atoms with Crippen molar-refractivity contribution in [1.29, 1.82) is 0 Å². The molecule has 0 unspecified atom stereocenters. The van der Waals surface area contributed by atoms with Gasteiger partial charge in [0.25, 0.3) is 0 Å². The van der Waals surface area contributed by atoms with E-state index in [2.05, 4.69) is 21.2 Å². The number of aromatic nitrogens is 4. The van der Waals surface area contributed by atoms with Gasteiger partial charge in [-0.25, -0.2) is 4.98 Å². The van der Waals surface area contributed by atoms with Gasteiger partial charge in [0.05, 0.1) is 26.5 Å². The minimum atomic E-state index is -2.08. The highest BCUT2D eigenvalue weighted by atomic mass is 19.1. The summed E-state index contributed by atoms with van der Waals surface area (Å²) in [5.74, 6) is 0.857. The Morgan fingerprint density at radius 1 is 0.731 bits per heavy atom. The van der Waals surface area contributed by atoms with Gasteiger partial charge in [-0.1, -0.05) is 159 Å². The number of hydrogen-bond donors (Lipinski definition) is 1. The van der Waals surface area contributed by atoms with Crippen LogP contribution in [0.1, 0.15) is 59.9 Å². The van der Waals surface area contributed by atoms with E-state index in [9.17, 15) is 4.79 Å². The number of fused-ring (bicyclic) bond motifs is 1. The van der Waals surface area contributed by atoms with Crippen LogP contribution in [0.4, 0.5) is 10.2 Å². The largest absolute Gasteiger partial charge is 0.497 e. The first kappa shape index (κ1) is 44.4. The van der Waals surface area contributed by atoms with E-state index in [0.29, 0.717) is 11.5 Å². The van der Waals surface area contributed by atoms with E-state index in [1.54, 1.807) is 32.6 Å². The number of methoxy groups -OCH3 is 2. The SMILES string of the molecule is C#C[C@]1(OC(=O)C(C)C)O[C@@H](n2cnc3c(NC(c4ccccc4)(c4ccccc4)c4ccc(OC)cc4)nc(F)nc32)C[C@@H]1OC(c1ccccc1)(c1ccccc1)c1ccc(OC)cc1. The summed E-state index contributed by atoms with van der Waals surface area (Å²) < 4.78 is 49.4. The van der Waals surface area contributed by atoms with Gasteiger partial charge in [-0.2, -0.15) is 14.4 Å². The minimum Gasteiger partial charge on any atom is -0.497 e. The Balaban J connectivity index is 1.19. The highest BCUT2D eigenvalue weighted by Gasteiger charge is 2.57. The average Bonchev–Trinajstić information content (AvgIpc) is 3.97. The summed E-state index contributed by atoms with van der Waals surface area (Å²) in [6.45, 7) is 3.41. The molecule has 0 bridgehead atoms. The second-order valence-electron chi connectivity index (χ2n) is 16.4. The Morgan fingerprint density at radius 3 is 1.67 bits per heavy atom. The van der Waals surface area contributed by atoms with E-state index in [1.807, 2.05) is 170 Å². The Kier molecular flexibility index (Phi) is 12.3. The molecule has 2 aromatic heterocycles. The van der Waals surface area contributed by atoms with E-state index in [1.165, 1.54) is 6.33 Å². The number of benzene rings is 6. The Morgan fingerprint density at radius 2 is 1.19 bits per heavy atom. The molecule has 12 heteroatoms. The summed E-state index contributed by atoms with van der Waals surface area (Å²) in [7, 11) is 3.22. The summed E-state index contributed by atoms with van der Waals surface area (Å²) in [5, 5.41) is 3.65. The van der Waals surface area contributed by atoms with E-state index < -0.39 is 47.2 Å². The summed E-state index contributed by atoms with van der Waals surface area (Å²) in [4.78, 5) is 27.2. The predicted octanol–water partition coefficient (Wildman–Crippen LogP) is 10.2. The predicted molar refractivity (Wildman–Crippen MR) is 253 cm³/mol. The molecule has 1 aliphatic rings. The quantitative estimate of drug-likeness (QED) is 0.0461. The zero-order valence-electron chi connectivity index (χ0n) is 37.4. The molecular weight excluding hydrogens is 846 g/mol. The molecule has 8 aromatic rings. The summed E-state index contributed by atoms with van der Waals surface area (Å²) in [6, 6.07) is 54.3. The Labute approximate surface area is 388 Å². The normalized spacial score (nSPS) is 17.2. The first-order chi connectivity index (χ1) is 32.6. The number of hydrogen-bond acceptors (Lipinski definition) is 10. The molecule has 0 aliphatic carbocycles. The van der Waals surface area contributed by atoms with Crippen LogP contribution in [-0.4, -0.2) is 51.6 Å². The van der Waals surface area contributed by atoms with E-state index in [-0.39, 0.29) is 23.4 Å². The van der Waals surface area contributed by atoms with Crippen molar-refractivity contribution in [3.8, 4) is 23.8 Å². The van der Waals surface area contributed by atoms with Crippen LogP contribution in [0.25, 0.3) is 11.2 Å². The van der Waals surface area contributed by atoms with Crippen LogP contribution in [0, 0.1) is 24.3 Å². The second kappa shape index (κ2) is 18.6. The Hall–Kier alpha value is -7.85. The van der Waals surface area contributed by atoms with Crippen molar-refractivity contribution in [2.75, 3.05) is 19.5 Å². The zero-order chi connectivity index (χ0) is 46.6. The molecule has 1 fully saturated rings. The third kappa shape index (κ3) is 8.13. The fraction of sp³-hybridized carbons (Fsp3) is 0.200. The van der Waals surface area contributed by atoms with Crippen molar-refractivity contribution in [2.24, 2.45) is 5.92 Å². The van der Waals surface area contributed by atoms with Crippen molar-refractivity contribution in [3.05, 3.63) is 216 Å². The molecule has 0 amide bonds. The fourth-order valence-corrected chi connectivity index (χ4v) is 8.86. The summed E-state index contributed by atoms with van der Waals surface area (Å²) in [6.07, 6.45) is 4.75. The third-order valence-corrected chi connectivity index (χ3v) is 12.2. The van der Waals surface area contributed by atoms with Gasteiger partial charge in [0.1, 0.15) is 35.0 Å². The second-order valence-corrected chi connectivity index (χ2v) is 16.4. The monoisotopic (exact) mass is 893 g/mol. The van der Waals surface area contributed by atoms with Gasteiger partial charge in [-0.15, -0.1) is 6.42 Å². The fourth-order valence-electron chi connectivity index (χ4n) is 8.86. The summed E-state index contributed by atoms with van der Waals surface area (Å²) >= 11 is 0. The van der Waals surface area contributed by atoms with Crippen molar-refractivity contribution in [2.45, 2.75) is 49.5 Å². The van der Waals surface area contributed by atoms with E-state index in [0.717, 1.165) is 33.4 Å². The third-order valence-electron chi connectivity index (χ3n) is 12.2. The molecule has 3 heterocycles. The number of anilines is 1. The standard InChI is InChI=1S/C55H48FN5O6/c1-6-53(67-51(62)37(2)3)46(65-55(41-23-15-9-16-24-41,42-25-17-10-18-26-42)43-29-33-45(64-5)34-30-43)35-47(66-53)61-36-57-48-49(58-52(56)59-50(48)61)60-54(38-19-11-7-12-20-38,39-21-13-8-14-22-39)40-27-31-44(63-4)32-28-40/h1,7-34,36-37,46-47H,35H2,2-5H3,(H,58,59,60)/t46-,47+,53+/m0/s1. The molecule has 6 aromatic carbocycles. The number of nitrogens with zero attached hydrogens (tertiary/aromatic N) is 4. The molecule has 3 atom stereocenters. The number of rotatable bonds is 15. The van der Waals surface area contributed by atoms with Gasteiger partial charge < -0.3 is 29.0 Å². The minimum absolute atomic E-state index is 0.0107.